The van der Waals surface area contributed by atoms with Gasteiger partial charge in [-0.05, 0) is 39.0 Å². The third-order valence-corrected chi connectivity index (χ3v) is 3.30. The molecule has 0 aliphatic heterocycles. The summed E-state index contributed by atoms with van der Waals surface area (Å²) in [5.41, 5.74) is -0.642. The second kappa shape index (κ2) is 5.35. The van der Waals surface area contributed by atoms with Crippen molar-refractivity contribution in [3.63, 3.8) is 0 Å². The number of hydrogen-bond donors (Lipinski definition) is 0. The molecule has 1 rings (SSSR count). The number of ether oxygens (including phenoxy) is 2. The Kier molecular flexibility index (Phi) is 4.43. The lowest BCUT2D eigenvalue weighted by Gasteiger charge is -2.19. The highest BCUT2D eigenvalue weighted by atomic mass is 16.6. The van der Waals surface area contributed by atoms with Crippen LogP contribution in [0.2, 0.25) is 0 Å². The summed E-state index contributed by atoms with van der Waals surface area (Å²) in [5.74, 6) is -0.715. The maximum Gasteiger partial charge on any atom is 0.330 e. The molecule has 0 radical (unpaired) electrons. The monoisotopic (exact) mass is 268 g/mol. The summed E-state index contributed by atoms with van der Waals surface area (Å²) < 4.78 is 10.2. The molecule has 2 atom stereocenters. The van der Waals surface area contributed by atoms with E-state index in [0.717, 1.165) is 0 Å². The molecule has 0 aromatic rings. The van der Waals surface area contributed by atoms with Gasteiger partial charge < -0.3 is 9.47 Å². The molecule has 1 aliphatic rings. The maximum absolute atomic E-state index is 12.0. The van der Waals surface area contributed by atoms with E-state index in [0.29, 0.717) is 6.61 Å². The van der Waals surface area contributed by atoms with Crippen LogP contribution in [0.4, 0.5) is 0 Å². The van der Waals surface area contributed by atoms with Crippen molar-refractivity contribution in [1.82, 2.24) is 0 Å². The molecule has 0 bridgehead atoms. The van der Waals surface area contributed by atoms with Gasteiger partial charge in [0, 0.05) is 6.08 Å². The number of hydrogen-bond acceptors (Lipinski definition) is 4. The van der Waals surface area contributed by atoms with E-state index in [4.69, 9.17) is 9.47 Å². The van der Waals surface area contributed by atoms with Gasteiger partial charge in [-0.2, -0.15) is 0 Å². The second-order valence-electron chi connectivity index (χ2n) is 6.47. The lowest BCUT2D eigenvalue weighted by Crippen LogP contribution is -2.26. The van der Waals surface area contributed by atoms with E-state index < -0.39 is 5.60 Å². The molecule has 4 heteroatoms. The van der Waals surface area contributed by atoms with Crippen molar-refractivity contribution in [2.75, 3.05) is 6.61 Å². The van der Waals surface area contributed by atoms with E-state index in [1.54, 1.807) is 13.0 Å². The summed E-state index contributed by atoms with van der Waals surface area (Å²) in [6.45, 7) is 11.7. The van der Waals surface area contributed by atoms with E-state index in [1.165, 1.54) is 6.08 Å². The van der Waals surface area contributed by atoms with Crippen LogP contribution in [0.15, 0.2) is 12.2 Å². The third-order valence-electron chi connectivity index (χ3n) is 3.30. The normalized spacial score (nSPS) is 25.2. The average molecular weight is 268 g/mol. The van der Waals surface area contributed by atoms with E-state index in [-0.39, 0.29) is 29.2 Å². The van der Waals surface area contributed by atoms with Crippen LogP contribution in [0.3, 0.4) is 0 Å². The highest BCUT2D eigenvalue weighted by molar-refractivity contribution is 5.83. The highest BCUT2D eigenvalue weighted by Crippen LogP contribution is 2.59. The van der Waals surface area contributed by atoms with Crippen LogP contribution in [-0.4, -0.2) is 24.1 Å². The number of carbonyl (C=O) groups is 2. The molecule has 0 N–H and O–H groups in total. The molecule has 0 aromatic heterocycles. The first-order chi connectivity index (χ1) is 8.59. The Bertz CT molecular complexity index is 387. The fraction of sp³-hybridized carbons (Fsp3) is 0.733. The molecule has 1 saturated carbocycles. The van der Waals surface area contributed by atoms with Crippen molar-refractivity contribution in [1.29, 1.82) is 0 Å². The minimum Gasteiger partial charge on any atom is -0.463 e. The van der Waals surface area contributed by atoms with Gasteiger partial charge in [-0.1, -0.05) is 19.9 Å². The van der Waals surface area contributed by atoms with Gasteiger partial charge in [-0.25, -0.2) is 4.79 Å². The number of allylic oxidation sites excluding steroid dienone is 1. The van der Waals surface area contributed by atoms with Gasteiger partial charge in [0.1, 0.15) is 5.60 Å². The van der Waals surface area contributed by atoms with Crippen LogP contribution >= 0.6 is 0 Å². The van der Waals surface area contributed by atoms with Crippen molar-refractivity contribution in [3.8, 4) is 0 Å². The van der Waals surface area contributed by atoms with Gasteiger partial charge in [0.25, 0.3) is 0 Å². The zero-order chi connectivity index (χ0) is 14.8. The molecule has 108 valence electrons. The van der Waals surface area contributed by atoms with Gasteiger partial charge in [0.05, 0.1) is 12.5 Å². The van der Waals surface area contributed by atoms with Crippen LogP contribution in [0.25, 0.3) is 0 Å². The Morgan fingerprint density at radius 2 is 1.84 bits per heavy atom. The molecule has 1 aliphatic carbocycles. The Labute approximate surface area is 115 Å². The predicted molar refractivity (Wildman–Crippen MR) is 72.4 cm³/mol. The summed E-state index contributed by atoms with van der Waals surface area (Å²) >= 11 is 0. The smallest absolute Gasteiger partial charge is 0.330 e. The molecule has 0 amide bonds. The first kappa shape index (κ1) is 15.7. The average Bonchev–Trinajstić information content (AvgIpc) is 2.75. The minimum atomic E-state index is -0.481. The van der Waals surface area contributed by atoms with Crippen LogP contribution in [0.5, 0.6) is 0 Å². The molecule has 0 saturated heterocycles. The van der Waals surface area contributed by atoms with E-state index in [2.05, 4.69) is 0 Å². The summed E-state index contributed by atoms with van der Waals surface area (Å²) in [7, 11) is 0. The summed E-state index contributed by atoms with van der Waals surface area (Å²) in [4.78, 5) is 23.3. The van der Waals surface area contributed by atoms with E-state index in [9.17, 15) is 9.59 Å². The Morgan fingerprint density at radius 3 is 2.32 bits per heavy atom. The SMILES string of the molecule is CCOC(=O)C=C[C@H]1[C@@H](C(=O)OC(C)(C)C)C1(C)C. The first-order valence-corrected chi connectivity index (χ1v) is 6.67. The molecule has 1 fully saturated rings. The molecule has 0 spiro atoms. The molecular weight excluding hydrogens is 244 g/mol. The highest BCUT2D eigenvalue weighted by Gasteiger charge is 2.61. The predicted octanol–water partition coefficient (Wildman–Crippen LogP) is 2.72. The van der Waals surface area contributed by atoms with Crippen molar-refractivity contribution in [2.24, 2.45) is 17.3 Å². The summed E-state index contributed by atoms with van der Waals surface area (Å²) in [6.07, 6.45) is 3.16. The van der Waals surface area contributed by atoms with Crippen molar-refractivity contribution in [3.05, 3.63) is 12.2 Å². The zero-order valence-corrected chi connectivity index (χ0v) is 12.6. The van der Waals surface area contributed by atoms with E-state index in [1.807, 2.05) is 34.6 Å². The molecule has 4 nitrogen and oxygen atoms in total. The van der Waals surface area contributed by atoms with Gasteiger partial charge >= 0.3 is 11.9 Å². The summed E-state index contributed by atoms with van der Waals surface area (Å²) in [5, 5.41) is 0. The van der Waals surface area contributed by atoms with Crippen molar-refractivity contribution < 1.29 is 19.1 Å². The Hall–Kier alpha value is -1.32. The largest absolute Gasteiger partial charge is 0.463 e. The third kappa shape index (κ3) is 4.08. The van der Waals surface area contributed by atoms with Gasteiger partial charge in [-0.15, -0.1) is 0 Å². The van der Waals surface area contributed by atoms with Crippen molar-refractivity contribution >= 4 is 11.9 Å². The lowest BCUT2D eigenvalue weighted by molar-refractivity contribution is -0.157. The minimum absolute atomic E-state index is 0.0340. The number of esters is 2. The molecule has 0 unspecified atom stereocenters. The van der Waals surface area contributed by atoms with Gasteiger partial charge in [0.2, 0.25) is 0 Å². The molecule has 0 aromatic carbocycles. The fourth-order valence-corrected chi connectivity index (χ4v) is 2.22. The van der Waals surface area contributed by atoms with E-state index >= 15 is 0 Å². The maximum atomic E-state index is 12.0. The first-order valence-electron chi connectivity index (χ1n) is 6.67. The second-order valence-corrected chi connectivity index (χ2v) is 6.47. The Balaban J connectivity index is 2.63. The molecular formula is C15H24O4. The van der Waals surface area contributed by atoms with Crippen LogP contribution in [0.1, 0.15) is 41.5 Å². The van der Waals surface area contributed by atoms with Gasteiger partial charge in [0.15, 0.2) is 0 Å². The topological polar surface area (TPSA) is 52.6 Å². The fourth-order valence-electron chi connectivity index (χ4n) is 2.22. The Morgan fingerprint density at radius 1 is 1.26 bits per heavy atom. The molecule has 0 heterocycles. The standard InChI is InChI=1S/C15H24O4/c1-7-18-11(16)9-8-10-12(15(10,5)6)13(17)19-14(2,3)4/h8-10,12H,7H2,1-6H3/t10-,12-/m0/s1. The number of rotatable bonds is 4. The molecule has 19 heavy (non-hydrogen) atoms. The quantitative estimate of drug-likeness (QED) is 0.581. The van der Waals surface area contributed by atoms with Crippen molar-refractivity contribution in [2.45, 2.75) is 47.1 Å². The van der Waals surface area contributed by atoms with Crippen LogP contribution in [-0.2, 0) is 19.1 Å². The zero-order valence-electron chi connectivity index (χ0n) is 12.6. The lowest BCUT2D eigenvalue weighted by atomic mass is 10.1. The summed E-state index contributed by atoms with van der Waals surface area (Å²) in [6, 6.07) is 0. The van der Waals surface area contributed by atoms with Gasteiger partial charge in [-0.3, -0.25) is 4.79 Å². The van der Waals surface area contributed by atoms with Crippen LogP contribution < -0.4 is 0 Å². The van der Waals surface area contributed by atoms with Crippen LogP contribution in [0, 0.1) is 17.3 Å². The number of carbonyl (C=O) groups excluding carboxylic acids is 2.